The molecule has 2 aromatic carbocycles. The predicted octanol–water partition coefficient (Wildman–Crippen LogP) is 3.79. The lowest BCUT2D eigenvalue weighted by atomic mass is 10.1. The van der Waals surface area contributed by atoms with Crippen molar-refractivity contribution in [1.82, 2.24) is 9.55 Å². The quantitative estimate of drug-likeness (QED) is 0.800. The van der Waals surface area contributed by atoms with Gasteiger partial charge in [0.2, 0.25) is 5.95 Å². The van der Waals surface area contributed by atoms with Crippen LogP contribution < -0.4 is 5.73 Å². The van der Waals surface area contributed by atoms with Gasteiger partial charge in [0.05, 0.1) is 16.1 Å². The van der Waals surface area contributed by atoms with E-state index in [2.05, 4.69) is 4.98 Å². The van der Waals surface area contributed by atoms with Crippen molar-refractivity contribution in [3.8, 4) is 0 Å². The average molecular weight is 308 g/mol. The van der Waals surface area contributed by atoms with Crippen LogP contribution in [0, 0.1) is 11.6 Å². The normalized spacial score (nSPS) is 11.2. The minimum absolute atomic E-state index is 0.00883. The number of rotatable bonds is 3. The Morgan fingerprint density at radius 1 is 1.14 bits per heavy atom. The van der Waals surface area contributed by atoms with E-state index in [1.165, 1.54) is 18.2 Å². The Labute approximate surface area is 125 Å². The van der Waals surface area contributed by atoms with E-state index in [-0.39, 0.29) is 16.8 Å². The number of nitrogen functional groups attached to an aromatic ring is 1. The Hall–Kier alpha value is -2.14. The van der Waals surface area contributed by atoms with Crippen LogP contribution in [0.2, 0.25) is 5.02 Å². The zero-order valence-corrected chi connectivity index (χ0v) is 11.7. The van der Waals surface area contributed by atoms with E-state index in [0.29, 0.717) is 29.6 Å². The van der Waals surface area contributed by atoms with Crippen LogP contribution in [-0.4, -0.2) is 9.55 Å². The smallest absolute Gasteiger partial charge is 0.201 e. The van der Waals surface area contributed by atoms with Gasteiger partial charge in [-0.25, -0.2) is 13.8 Å². The maximum Gasteiger partial charge on any atom is 0.201 e. The molecule has 0 aliphatic carbocycles. The molecule has 0 saturated heterocycles. The van der Waals surface area contributed by atoms with Crippen molar-refractivity contribution in [2.75, 3.05) is 5.73 Å². The molecule has 3 rings (SSSR count). The number of anilines is 1. The summed E-state index contributed by atoms with van der Waals surface area (Å²) in [6.07, 6.45) is 0.456. The fourth-order valence-electron chi connectivity index (χ4n) is 2.31. The molecule has 0 fully saturated rings. The van der Waals surface area contributed by atoms with Gasteiger partial charge in [0, 0.05) is 12.6 Å². The van der Waals surface area contributed by atoms with Crippen LogP contribution >= 0.6 is 11.6 Å². The van der Waals surface area contributed by atoms with E-state index in [1.54, 1.807) is 22.8 Å². The molecule has 1 aromatic heterocycles. The summed E-state index contributed by atoms with van der Waals surface area (Å²) in [5.41, 5.74) is 7.51. The second-order valence-electron chi connectivity index (χ2n) is 4.72. The minimum Gasteiger partial charge on any atom is -0.369 e. The number of nitrogens with zero attached hydrogens (tertiary/aromatic N) is 2. The maximum atomic E-state index is 13.6. The average Bonchev–Trinajstić information content (AvgIpc) is 2.74. The van der Waals surface area contributed by atoms with Gasteiger partial charge >= 0.3 is 0 Å². The van der Waals surface area contributed by atoms with Crippen LogP contribution in [0.5, 0.6) is 0 Å². The molecule has 0 atom stereocenters. The Bertz CT molecular complexity index is 814. The largest absolute Gasteiger partial charge is 0.369 e. The molecule has 0 bridgehead atoms. The van der Waals surface area contributed by atoms with Crippen molar-refractivity contribution >= 4 is 28.6 Å². The van der Waals surface area contributed by atoms with Crippen LogP contribution in [0.25, 0.3) is 11.0 Å². The number of aromatic nitrogens is 2. The molecular formula is C15H12ClF2N3. The zero-order valence-electron chi connectivity index (χ0n) is 11.0. The van der Waals surface area contributed by atoms with Gasteiger partial charge in [-0.3, -0.25) is 0 Å². The van der Waals surface area contributed by atoms with Crippen LogP contribution in [0.1, 0.15) is 5.56 Å². The summed E-state index contributed by atoms with van der Waals surface area (Å²) in [5.74, 6) is -0.546. The summed E-state index contributed by atoms with van der Waals surface area (Å²) in [5, 5.41) is 0.00883. The van der Waals surface area contributed by atoms with E-state index in [0.717, 1.165) is 0 Å². The first-order valence-corrected chi connectivity index (χ1v) is 6.78. The van der Waals surface area contributed by atoms with Crippen LogP contribution in [0.15, 0.2) is 36.4 Å². The third-order valence-corrected chi connectivity index (χ3v) is 3.67. The first kappa shape index (κ1) is 13.8. The van der Waals surface area contributed by atoms with E-state index in [9.17, 15) is 8.78 Å². The number of nitrogens with two attached hydrogens (primary N) is 1. The lowest BCUT2D eigenvalue weighted by Crippen LogP contribution is -2.06. The number of hydrogen-bond acceptors (Lipinski definition) is 2. The lowest BCUT2D eigenvalue weighted by molar-refractivity contribution is 0.597. The van der Waals surface area contributed by atoms with Crippen LogP contribution in [0.4, 0.5) is 14.7 Å². The molecule has 3 aromatic rings. The van der Waals surface area contributed by atoms with Crippen LogP contribution in [0.3, 0.4) is 0 Å². The summed E-state index contributed by atoms with van der Waals surface area (Å²) in [6, 6.07) is 9.28. The Morgan fingerprint density at radius 2 is 1.90 bits per heavy atom. The first-order valence-electron chi connectivity index (χ1n) is 6.40. The molecule has 21 heavy (non-hydrogen) atoms. The Kier molecular flexibility index (Phi) is 3.51. The van der Waals surface area contributed by atoms with E-state index >= 15 is 0 Å². The summed E-state index contributed by atoms with van der Waals surface area (Å²) >= 11 is 5.79. The standard InChI is InChI=1S/C15H12ClF2N3/c16-10-7-14-13(8-12(10)18)20-15(19)21(14)6-5-9-3-1-2-4-11(9)17/h1-4,7-8H,5-6H2,(H2,19,20). The van der Waals surface area contributed by atoms with Gasteiger partial charge in [-0.15, -0.1) is 0 Å². The molecule has 0 saturated carbocycles. The topological polar surface area (TPSA) is 43.8 Å². The SMILES string of the molecule is Nc1nc2cc(F)c(Cl)cc2n1CCc1ccccc1F. The zero-order chi connectivity index (χ0) is 15.0. The highest BCUT2D eigenvalue weighted by molar-refractivity contribution is 6.31. The molecule has 3 nitrogen and oxygen atoms in total. The van der Waals surface area contributed by atoms with Crippen molar-refractivity contribution in [1.29, 1.82) is 0 Å². The second kappa shape index (κ2) is 5.33. The fraction of sp³-hybridized carbons (Fsp3) is 0.133. The summed E-state index contributed by atoms with van der Waals surface area (Å²) in [4.78, 5) is 4.10. The monoisotopic (exact) mass is 307 g/mol. The van der Waals surface area contributed by atoms with Gasteiger partial charge in [-0.05, 0) is 24.1 Å². The molecule has 6 heteroatoms. The van der Waals surface area contributed by atoms with Crippen molar-refractivity contribution in [2.45, 2.75) is 13.0 Å². The number of imidazole rings is 1. The number of halogens is 3. The predicted molar refractivity (Wildman–Crippen MR) is 79.2 cm³/mol. The molecule has 0 aliphatic rings. The number of aryl methyl sites for hydroxylation is 2. The molecule has 0 spiro atoms. The lowest BCUT2D eigenvalue weighted by Gasteiger charge is -2.07. The Balaban J connectivity index is 1.95. The Morgan fingerprint density at radius 3 is 2.67 bits per heavy atom. The highest BCUT2D eigenvalue weighted by Crippen LogP contribution is 2.25. The van der Waals surface area contributed by atoms with Gasteiger partial charge in [-0.1, -0.05) is 29.8 Å². The van der Waals surface area contributed by atoms with Crippen molar-refractivity contribution in [3.63, 3.8) is 0 Å². The molecule has 0 amide bonds. The molecule has 2 N–H and O–H groups in total. The first-order chi connectivity index (χ1) is 10.1. The van der Waals surface area contributed by atoms with E-state index < -0.39 is 5.82 Å². The van der Waals surface area contributed by atoms with Crippen molar-refractivity contribution in [2.24, 2.45) is 0 Å². The van der Waals surface area contributed by atoms with Crippen molar-refractivity contribution < 1.29 is 8.78 Å². The fourth-order valence-corrected chi connectivity index (χ4v) is 2.47. The summed E-state index contributed by atoms with van der Waals surface area (Å²) in [7, 11) is 0. The number of hydrogen-bond donors (Lipinski definition) is 1. The van der Waals surface area contributed by atoms with Gasteiger partial charge < -0.3 is 10.3 Å². The molecule has 1 heterocycles. The summed E-state index contributed by atoms with van der Waals surface area (Å²) < 4.78 is 28.7. The molecule has 0 aliphatic heterocycles. The molecule has 0 radical (unpaired) electrons. The molecule has 108 valence electrons. The minimum atomic E-state index is -0.539. The second-order valence-corrected chi connectivity index (χ2v) is 5.13. The summed E-state index contributed by atoms with van der Waals surface area (Å²) in [6.45, 7) is 0.436. The molecular weight excluding hydrogens is 296 g/mol. The number of fused-ring (bicyclic) bond motifs is 1. The maximum absolute atomic E-state index is 13.6. The third kappa shape index (κ3) is 2.56. The van der Waals surface area contributed by atoms with Gasteiger partial charge in [0.15, 0.2) is 0 Å². The van der Waals surface area contributed by atoms with Crippen LogP contribution in [-0.2, 0) is 13.0 Å². The number of benzene rings is 2. The van der Waals surface area contributed by atoms with E-state index in [4.69, 9.17) is 17.3 Å². The third-order valence-electron chi connectivity index (χ3n) is 3.38. The highest BCUT2D eigenvalue weighted by atomic mass is 35.5. The van der Waals surface area contributed by atoms with Gasteiger partial charge in [-0.2, -0.15) is 0 Å². The van der Waals surface area contributed by atoms with Gasteiger partial charge in [0.1, 0.15) is 11.6 Å². The van der Waals surface area contributed by atoms with E-state index in [1.807, 2.05) is 0 Å². The van der Waals surface area contributed by atoms with Crippen molar-refractivity contribution in [3.05, 3.63) is 58.6 Å². The highest BCUT2D eigenvalue weighted by Gasteiger charge is 2.12. The van der Waals surface area contributed by atoms with Gasteiger partial charge in [0.25, 0.3) is 0 Å². The molecule has 0 unspecified atom stereocenters.